The minimum absolute atomic E-state index is 0.153. The minimum atomic E-state index is -4.49. The van der Waals surface area contributed by atoms with Gasteiger partial charge in [0.05, 0.1) is 11.1 Å². The molecule has 4 aromatic rings. The van der Waals surface area contributed by atoms with Crippen LogP contribution in [0.15, 0.2) is 60.8 Å². The molecule has 9 heteroatoms. The second-order valence-corrected chi connectivity index (χ2v) is 7.71. The van der Waals surface area contributed by atoms with Crippen LogP contribution in [0.4, 0.5) is 24.8 Å². The molecule has 33 heavy (non-hydrogen) atoms. The summed E-state index contributed by atoms with van der Waals surface area (Å²) in [5.74, 6) is -0.298. The van der Waals surface area contributed by atoms with Gasteiger partial charge < -0.3 is 11.1 Å². The molecule has 0 aliphatic carbocycles. The van der Waals surface area contributed by atoms with Crippen LogP contribution in [0, 0.1) is 6.92 Å². The van der Waals surface area contributed by atoms with Gasteiger partial charge in [-0.25, -0.2) is 9.97 Å². The van der Waals surface area contributed by atoms with Gasteiger partial charge in [-0.15, -0.1) is 0 Å². The average molecular weight is 448 g/mol. The number of hydrogen-bond donors (Lipinski definition) is 2. The summed E-state index contributed by atoms with van der Waals surface area (Å²) in [7, 11) is 0.483. The summed E-state index contributed by atoms with van der Waals surface area (Å²) in [6.45, 7) is 3.74. The fourth-order valence-corrected chi connectivity index (χ4v) is 3.66. The van der Waals surface area contributed by atoms with Gasteiger partial charge in [0.15, 0.2) is 7.28 Å². The third kappa shape index (κ3) is 4.67. The van der Waals surface area contributed by atoms with Crippen molar-refractivity contribution in [1.82, 2.24) is 9.97 Å². The number of alkyl halides is 3. The Hall–Kier alpha value is -3.88. The van der Waals surface area contributed by atoms with E-state index in [2.05, 4.69) is 15.3 Å². The summed E-state index contributed by atoms with van der Waals surface area (Å²) < 4.78 is 39.5. The van der Waals surface area contributed by atoms with Crippen LogP contribution in [0.2, 0.25) is 6.82 Å². The van der Waals surface area contributed by atoms with Gasteiger partial charge in [0.25, 0.3) is 5.91 Å². The number of aromatic nitrogens is 2. The maximum Gasteiger partial charge on any atom is 0.416 e. The van der Waals surface area contributed by atoms with Crippen LogP contribution >= 0.6 is 0 Å². The highest BCUT2D eigenvalue weighted by Gasteiger charge is 2.31. The number of anilines is 2. The lowest BCUT2D eigenvalue weighted by Gasteiger charge is -2.15. The van der Waals surface area contributed by atoms with Gasteiger partial charge >= 0.3 is 6.18 Å². The maximum absolute atomic E-state index is 13.2. The van der Waals surface area contributed by atoms with Crippen molar-refractivity contribution in [2.75, 3.05) is 11.1 Å². The Morgan fingerprint density at radius 1 is 1.06 bits per heavy atom. The number of nitrogens with one attached hydrogen (secondary N) is 1. The second kappa shape index (κ2) is 8.57. The number of aryl methyl sites for hydroxylation is 1. The molecule has 0 saturated heterocycles. The monoisotopic (exact) mass is 448 g/mol. The van der Waals surface area contributed by atoms with E-state index in [4.69, 9.17) is 5.73 Å². The summed E-state index contributed by atoms with van der Waals surface area (Å²) >= 11 is 0. The van der Waals surface area contributed by atoms with Crippen molar-refractivity contribution in [2.45, 2.75) is 19.9 Å². The van der Waals surface area contributed by atoms with E-state index < -0.39 is 17.6 Å². The number of nitrogen functional groups attached to an aromatic ring is 1. The van der Waals surface area contributed by atoms with Gasteiger partial charge in [-0.3, -0.25) is 4.79 Å². The number of rotatable bonds is 4. The van der Waals surface area contributed by atoms with Crippen molar-refractivity contribution in [2.24, 2.45) is 0 Å². The van der Waals surface area contributed by atoms with E-state index >= 15 is 0 Å². The van der Waals surface area contributed by atoms with E-state index in [-0.39, 0.29) is 11.6 Å². The van der Waals surface area contributed by atoms with Gasteiger partial charge in [0.2, 0.25) is 5.95 Å². The molecule has 5 nitrogen and oxygen atoms in total. The van der Waals surface area contributed by atoms with Crippen LogP contribution < -0.4 is 16.5 Å². The molecule has 166 valence electrons. The van der Waals surface area contributed by atoms with E-state index in [1.54, 1.807) is 24.4 Å². The van der Waals surface area contributed by atoms with Gasteiger partial charge in [-0.1, -0.05) is 36.6 Å². The van der Waals surface area contributed by atoms with E-state index in [9.17, 15) is 18.0 Å². The minimum Gasteiger partial charge on any atom is -0.368 e. The molecule has 1 aromatic heterocycles. The van der Waals surface area contributed by atoms with Crippen molar-refractivity contribution >= 4 is 41.2 Å². The third-order valence-electron chi connectivity index (χ3n) is 5.48. The first-order valence-electron chi connectivity index (χ1n) is 10.3. The zero-order chi connectivity index (χ0) is 23.8. The molecule has 0 saturated carbocycles. The highest BCUT2D eigenvalue weighted by Crippen LogP contribution is 2.31. The lowest BCUT2D eigenvalue weighted by atomic mass is 9.72. The Bertz CT molecular complexity index is 1370. The number of fused-ring (bicyclic) bond motifs is 1. The number of carbonyl (C=O) groups excluding carboxylic acids is 1. The topological polar surface area (TPSA) is 80.9 Å². The molecule has 0 aliphatic heterocycles. The van der Waals surface area contributed by atoms with Crippen molar-refractivity contribution in [3.05, 3.63) is 77.5 Å². The third-order valence-corrected chi connectivity index (χ3v) is 5.48. The van der Waals surface area contributed by atoms with Crippen LogP contribution in [0.5, 0.6) is 0 Å². The molecule has 3 aromatic carbocycles. The molecule has 0 bridgehead atoms. The highest BCUT2D eigenvalue weighted by atomic mass is 19.4. The van der Waals surface area contributed by atoms with Gasteiger partial charge in [-0.2, -0.15) is 13.2 Å². The zero-order valence-corrected chi connectivity index (χ0v) is 18.0. The Labute approximate surface area is 189 Å². The molecule has 3 N–H and O–H groups in total. The molecule has 4 rings (SSSR count). The molecule has 1 amide bonds. The molecule has 1 heterocycles. The summed E-state index contributed by atoms with van der Waals surface area (Å²) in [4.78, 5) is 21.2. The largest absolute Gasteiger partial charge is 0.416 e. The first-order chi connectivity index (χ1) is 15.7. The van der Waals surface area contributed by atoms with Gasteiger partial charge in [-0.05, 0) is 53.9 Å². The van der Waals surface area contributed by atoms with E-state index in [1.165, 1.54) is 6.07 Å². The second-order valence-electron chi connectivity index (χ2n) is 7.71. The Morgan fingerprint density at radius 3 is 2.58 bits per heavy atom. The quantitative estimate of drug-likeness (QED) is 0.449. The molecule has 0 radical (unpaired) electrons. The number of halogens is 3. The van der Waals surface area contributed by atoms with E-state index in [1.807, 2.05) is 31.9 Å². The van der Waals surface area contributed by atoms with Crippen LogP contribution in [0.1, 0.15) is 21.5 Å². The number of amides is 1. The number of benzene rings is 3. The van der Waals surface area contributed by atoms with Crippen molar-refractivity contribution in [3.8, 4) is 11.1 Å². The van der Waals surface area contributed by atoms with Gasteiger partial charge in [0, 0.05) is 22.8 Å². The van der Waals surface area contributed by atoms with Crippen LogP contribution in [-0.2, 0) is 6.18 Å². The molecular formula is C24H20BF3N4O. The normalized spacial score (nSPS) is 11.4. The maximum atomic E-state index is 13.2. The first-order valence-corrected chi connectivity index (χ1v) is 10.3. The Morgan fingerprint density at radius 2 is 1.85 bits per heavy atom. The molecule has 0 atom stereocenters. The summed E-state index contributed by atoms with van der Waals surface area (Å²) in [6, 6.07) is 14.2. The lowest BCUT2D eigenvalue weighted by molar-refractivity contribution is -0.137. The van der Waals surface area contributed by atoms with Crippen molar-refractivity contribution < 1.29 is 18.0 Å². The number of nitrogens with zero attached hydrogens (tertiary/aromatic N) is 2. The summed E-state index contributed by atoms with van der Waals surface area (Å²) in [5, 5.41) is 3.45. The highest BCUT2D eigenvalue weighted by molar-refractivity contribution is 6.54. The lowest BCUT2D eigenvalue weighted by Crippen LogP contribution is -2.23. The average Bonchev–Trinajstić information content (AvgIpc) is 2.78. The van der Waals surface area contributed by atoms with Gasteiger partial charge in [0.1, 0.15) is 0 Å². The van der Waals surface area contributed by atoms with Crippen molar-refractivity contribution in [1.29, 1.82) is 0 Å². The van der Waals surface area contributed by atoms with Crippen LogP contribution in [-0.4, -0.2) is 23.2 Å². The van der Waals surface area contributed by atoms with Crippen LogP contribution in [0.25, 0.3) is 22.0 Å². The smallest absolute Gasteiger partial charge is 0.368 e. The zero-order valence-electron chi connectivity index (χ0n) is 18.0. The predicted octanol–water partition coefficient (Wildman–Crippen LogP) is 4.57. The molecule has 0 fully saturated rings. The SMILES string of the molecule is CBc1ccc(C(F)(F)F)cc1NC(=O)c1ccc(C)c(-c2ccc3nc(N)ncc3c2)c1. The first kappa shape index (κ1) is 22.3. The standard InChI is InChI=1S/C24H20BF3N4O/c1-13-3-4-15(10-18(13)14-5-8-20-16(9-14)12-30-23(29)32-20)22(33)31-21-11-17(24(26,27)28)6-7-19(21)25-2/h3-12,25H,1-2H3,(H,31,33)(H2,29,30,32). The number of carbonyl (C=O) groups is 1. The summed E-state index contributed by atoms with van der Waals surface area (Å²) in [6.07, 6.45) is -2.86. The number of hydrogen-bond acceptors (Lipinski definition) is 4. The van der Waals surface area contributed by atoms with E-state index in [0.717, 1.165) is 34.2 Å². The Kier molecular flexibility index (Phi) is 5.80. The van der Waals surface area contributed by atoms with Crippen molar-refractivity contribution in [3.63, 3.8) is 0 Å². The molecule has 0 spiro atoms. The summed E-state index contributed by atoms with van der Waals surface area (Å²) in [5.41, 5.74) is 9.27. The van der Waals surface area contributed by atoms with E-state index in [0.29, 0.717) is 23.8 Å². The number of nitrogens with two attached hydrogens (primary N) is 1. The fourth-order valence-electron chi connectivity index (χ4n) is 3.66. The molecule has 0 unspecified atom stereocenters. The van der Waals surface area contributed by atoms with Crippen LogP contribution in [0.3, 0.4) is 0 Å². The fraction of sp³-hybridized carbons (Fsp3) is 0.125. The molecular weight excluding hydrogens is 428 g/mol. The molecule has 0 aliphatic rings. The predicted molar refractivity (Wildman–Crippen MR) is 126 cm³/mol. The Balaban J connectivity index is 1.68.